The maximum Gasteiger partial charge on any atom is 0.191 e. The molecule has 0 radical (unpaired) electrons. The SMILES string of the molecule is CCO/C=C\C(=O)C(Cl)Cl. The first-order valence-electron chi connectivity index (χ1n) is 2.78. The first kappa shape index (κ1) is 9.79. The van der Waals surface area contributed by atoms with Gasteiger partial charge in [0.2, 0.25) is 0 Å². The van der Waals surface area contributed by atoms with E-state index < -0.39 is 4.84 Å². The Kier molecular flexibility index (Phi) is 5.45. The van der Waals surface area contributed by atoms with Gasteiger partial charge in [-0.2, -0.15) is 0 Å². The number of carbonyl (C=O) groups is 1. The van der Waals surface area contributed by atoms with E-state index in [9.17, 15) is 4.79 Å². The summed E-state index contributed by atoms with van der Waals surface area (Å²) < 4.78 is 4.74. The van der Waals surface area contributed by atoms with E-state index in [1.807, 2.05) is 6.92 Å². The number of allylic oxidation sites excluding steroid dienone is 1. The molecule has 0 saturated carbocycles. The molecule has 0 heterocycles. The number of halogens is 2. The minimum absolute atomic E-state index is 0.364. The summed E-state index contributed by atoms with van der Waals surface area (Å²) in [5, 5.41) is 0. The van der Waals surface area contributed by atoms with Crippen LogP contribution >= 0.6 is 23.2 Å². The van der Waals surface area contributed by atoms with Crippen molar-refractivity contribution >= 4 is 29.0 Å². The summed E-state index contributed by atoms with van der Waals surface area (Å²) in [4.78, 5) is 9.60. The lowest BCUT2D eigenvalue weighted by molar-refractivity contribution is -0.113. The van der Waals surface area contributed by atoms with Crippen LogP contribution in [0.3, 0.4) is 0 Å². The van der Waals surface area contributed by atoms with Crippen LogP contribution < -0.4 is 0 Å². The number of carbonyl (C=O) groups excluding carboxylic acids is 1. The lowest BCUT2D eigenvalue weighted by atomic mass is 10.4. The van der Waals surface area contributed by atoms with Crippen LogP contribution in [0.25, 0.3) is 0 Å². The van der Waals surface area contributed by atoms with Gasteiger partial charge in [0.05, 0.1) is 12.9 Å². The summed E-state index contributed by atoms with van der Waals surface area (Å²) in [5.41, 5.74) is 0. The molecule has 0 unspecified atom stereocenters. The van der Waals surface area contributed by atoms with Crippen molar-refractivity contribution in [2.75, 3.05) is 6.61 Å². The molecule has 10 heavy (non-hydrogen) atoms. The summed E-state index contributed by atoms with van der Waals surface area (Å²) in [6, 6.07) is 0. The lowest BCUT2D eigenvalue weighted by Gasteiger charge is -1.93. The van der Waals surface area contributed by atoms with Gasteiger partial charge >= 0.3 is 0 Å². The second kappa shape index (κ2) is 5.57. The van der Waals surface area contributed by atoms with Gasteiger partial charge in [0.25, 0.3) is 0 Å². The van der Waals surface area contributed by atoms with Crippen molar-refractivity contribution in [2.45, 2.75) is 11.8 Å². The van der Waals surface area contributed by atoms with E-state index in [0.717, 1.165) is 0 Å². The maximum atomic E-state index is 10.6. The average molecular weight is 183 g/mol. The second-order valence-electron chi connectivity index (χ2n) is 1.46. The van der Waals surface area contributed by atoms with Crippen molar-refractivity contribution in [3.8, 4) is 0 Å². The van der Waals surface area contributed by atoms with Gasteiger partial charge in [-0.15, -0.1) is 0 Å². The zero-order valence-corrected chi connectivity index (χ0v) is 7.02. The number of hydrogen-bond donors (Lipinski definition) is 0. The number of alkyl halides is 2. The third-order valence-electron chi connectivity index (χ3n) is 0.710. The van der Waals surface area contributed by atoms with Crippen LogP contribution in [0.4, 0.5) is 0 Å². The Morgan fingerprint density at radius 3 is 2.70 bits per heavy atom. The normalized spacial score (nSPS) is 10.8. The molecule has 0 saturated heterocycles. The zero-order valence-electron chi connectivity index (χ0n) is 5.51. The fourth-order valence-corrected chi connectivity index (χ4v) is 0.430. The molecule has 0 aromatic rings. The molecule has 0 N–H and O–H groups in total. The number of ether oxygens (including phenoxy) is 1. The molecule has 0 amide bonds. The van der Waals surface area contributed by atoms with Crippen molar-refractivity contribution in [1.82, 2.24) is 0 Å². The smallest absolute Gasteiger partial charge is 0.191 e. The first-order chi connectivity index (χ1) is 4.68. The largest absolute Gasteiger partial charge is 0.501 e. The fraction of sp³-hybridized carbons (Fsp3) is 0.500. The van der Waals surface area contributed by atoms with Gasteiger partial charge in [-0.3, -0.25) is 4.79 Å². The van der Waals surface area contributed by atoms with E-state index in [1.54, 1.807) is 0 Å². The van der Waals surface area contributed by atoms with Crippen molar-refractivity contribution in [3.05, 3.63) is 12.3 Å². The molecule has 0 atom stereocenters. The monoisotopic (exact) mass is 182 g/mol. The summed E-state index contributed by atoms with van der Waals surface area (Å²) in [5.74, 6) is -0.364. The number of ketones is 1. The van der Waals surface area contributed by atoms with E-state index in [-0.39, 0.29) is 5.78 Å². The van der Waals surface area contributed by atoms with Gasteiger partial charge in [-0.25, -0.2) is 0 Å². The zero-order chi connectivity index (χ0) is 7.98. The maximum absolute atomic E-state index is 10.6. The van der Waals surface area contributed by atoms with Crippen LogP contribution in [0.1, 0.15) is 6.92 Å². The third-order valence-corrected chi connectivity index (χ3v) is 1.14. The van der Waals surface area contributed by atoms with Crippen molar-refractivity contribution < 1.29 is 9.53 Å². The predicted molar refractivity (Wildman–Crippen MR) is 41.3 cm³/mol. The highest BCUT2D eigenvalue weighted by Gasteiger charge is 2.05. The van der Waals surface area contributed by atoms with Crippen LogP contribution in [-0.4, -0.2) is 17.2 Å². The average Bonchev–Trinajstić information content (AvgIpc) is 1.88. The highest BCUT2D eigenvalue weighted by Crippen LogP contribution is 2.03. The molecular formula is C6H8Cl2O2. The third kappa shape index (κ3) is 4.65. The highest BCUT2D eigenvalue weighted by atomic mass is 35.5. The molecule has 0 fully saturated rings. The number of hydrogen-bond acceptors (Lipinski definition) is 2. The molecular weight excluding hydrogens is 175 g/mol. The van der Waals surface area contributed by atoms with Gasteiger partial charge in [-0.1, -0.05) is 23.2 Å². The lowest BCUT2D eigenvalue weighted by Crippen LogP contribution is -2.02. The molecule has 58 valence electrons. The molecule has 0 aliphatic rings. The minimum Gasteiger partial charge on any atom is -0.501 e. The first-order valence-corrected chi connectivity index (χ1v) is 3.66. The van der Waals surface area contributed by atoms with Crippen LogP contribution in [-0.2, 0) is 9.53 Å². The molecule has 0 bridgehead atoms. The Labute approximate surface area is 69.8 Å². The Hall–Kier alpha value is -0.210. The van der Waals surface area contributed by atoms with E-state index in [0.29, 0.717) is 6.61 Å². The van der Waals surface area contributed by atoms with Gasteiger partial charge in [0, 0.05) is 6.08 Å². The number of rotatable bonds is 4. The van der Waals surface area contributed by atoms with Crippen molar-refractivity contribution in [2.24, 2.45) is 0 Å². The molecule has 0 rings (SSSR count). The van der Waals surface area contributed by atoms with Crippen molar-refractivity contribution in [1.29, 1.82) is 0 Å². The van der Waals surface area contributed by atoms with E-state index in [2.05, 4.69) is 0 Å². The van der Waals surface area contributed by atoms with Gasteiger partial charge in [-0.05, 0) is 6.92 Å². The van der Waals surface area contributed by atoms with Crippen LogP contribution in [0.2, 0.25) is 0 Å². The molecule has 0 aromatic heterocycles. The van der Waals surface area contributed by atoms with Crippen LogP contribution in [0, 0.1) is 0 Å². The molecule has 0 spiro atoms. The van der Waals surface area contributed by atoms with E-state index in [4.69, 9.17) is 27.9 Å². The Balaban J connectivity index is 3.56. The summed E-state index contributed by atoms with van der Waals surface area (Å²) in [6.45, 7) is 2.34. The van der Waals surface area contributed by atoms with E-state index >= 15 is 0 Å². The fourth-order valence-electron chi connectivity index (χ4n) is 0.284. The quantitative estimate of drug-likeness (QED) is 0.378. The standard InChI is InChI=1S/C6H8Cl2O2/c1-2-10-4-3-5(9)6(7)8/h3-4,6H,2H2,1H3/b4-3-. The molecule has 0 aliphatic carbocycles. The molecule has 0 aromatic carbocycles. The van der Waals surface area contributed by atoms with Gasteiger partial charge < -0.3 is 4.74 Å². The molecule has 2 nitrogen and oxygen atoms in total. The highest BCUT2D eigenvalue weighted by molar-refractivity contribution is 6.54. The summed E-state index contributed by atoms with van der Waals surface area (Å²) in [7, 11) is 0. The Bertz CT molecular complexity index is 132. The van der Waals surface area contributed by atoms with Crippen LogP contribution in [0.15, 0.2) is 12.3 Å². The van der Waals surface area contributed by atoms with Crippen LogP contribution in [0.5, 0.6) is 0 Å². The summed E-state index contributed by atoms with van der Waals surface area (Å²) in [6.07, 6.45) is 2.48. The predicted octanol–water partition coefficient (Wildman–Crippen LogP) is 1.91. The second-order valence-corrected chi connectivity index (χ2v) is 2.56. The Morgan fingerprint density at radius 1 is 1.70 bits per heavy atom. The van der Waals surface area contributed by atoms with Gasteiger partial charge in [0.1, 0.15) is 0 Å². The molecule has 0 aliphatic heterocycles. The molecule has 4 heteroatoms. The topological polar surface area (TPSA) is 26.3 Å². The Morgan fingerprint density at radius 2 is 2.30 bits per heavy atom. The summed E-state index contributed by atoms with van der Waals surface area (Å²) >= 11 is 10.4. The minimum atomic E-state index is -0.989. The van der Waals surface area contributed by atoms with Gasteiger partial charge in [0.15, 0.2) is 10.6 Å². The van der Waals surface area contributed by atoms with Crippen molar-refractivity contribution in [3.63, 3.8) is 0 Å². The van der Waals surface area contributed by atoms with E-state index in [1.165, 1.54) is 12.3 Å².